The van der Waals surface area contributed by atoms with Gasteiger partial charge in [0.2, 0.25) is 0 Å². The third kappa shape index (κ3) is 3.50. The number of hydrogen-bond donors (Lipinski definition) is 1. The molecule has 0 aromatic rings. The molecule has 0 radical (unpaired) electrons. The first kappa shape index (κ1) is 21.4. The predicted molar refractivity (Wildman–Crippen MR) is 124 cm³/mol. The molecule has 2 fully saturated rings. The lowest BCUT2D eigenvalue weighted by Gasteiger charge is -2.52. The fourth-order valence-electron chi connectivity index (χ4n) is 7.51. The molecule has 7 atom stereocenters. The van der Waals surface area contributed by atoms with E-state index in [0.717, 1.165) is 43.4 Å². The smallest absolute Gasteiger partial charge is 0.0578 e. The topological polar surface area (TPSA) is 20.2 Å². The second kappa shape index (κ2) is 7.70. The van der Waals surface area contributed by atoms with Gasteiger partial charge in [0, 0.05) is 5.41 Å². The van der Waals surface area contributed by atoms with Gasteiger partial charge in [-0.3, -0.25) is 0 Å². The summed E-state index contributed by atoms with van der Waals surface area (Å²) in [7, 11) is 0. The van der Waals surface area contributed by atoms with Crippen LogP contribution in [0.4, 0.5) is 0 Å². The van der Waals surface area contributed by atoms with E-state index in [1.807, 2.05) is 5.57 Å². The Morgan fingerprint density at radius 3 is 2.52 bits per heavy atom. The van der Waals surface area contributed by atoms with Gasteiger partial charge in [0.1, 0.15) is 0 Å². The van der Waals surface area contributed by atoms with E-state index in [0.29, 0.717) is 17.3 Å². The van der Waals surface area contributed by atoms with Crippen LogP contribution < -0.4 is 0 Å². The van der Waals surface area contributed by atoms with Gasteiger partial charge in [0.15, 0.2) is 0 Å². The number of fused-ring (bicyclic) bond motifs is 4. The van der Waals surface area contributed by atoms with Crippen LogP contribution in [-0.4, -0.2) is 11.2 Å². The van der Waals surface area contributed by atoms with Crippen molar-refractivity contribution >= 4 is 0 Å². The Morgan fingerprint density at radius 2 is 1.79 bits per heavy atom. The lowest BCUT2D eigenvalue weighted by molar-refractivity contribution is 0.0971. The zero-order valence-corrected chi connectivity index (χ0v) is 19.8. The number of aliphatic hydroxyl groups excluding tert-OH is 1. The Balaban J connectivity index is 1.57. The van der Waals surface area contributed by atoms with Crippen LogP contribution in [-0.2, 0) is 0 Å². The van der Waals surface area contributed by atoms with Gasteiger partial charge in [0.05, 0.1) is 6.10 Å². The van der Waals surface area contributed by atoms with E-state index in [9.17, 15) is 5.11 Å². The summed E-state index contributed by atoms with van der Waals surface area (Å²) >= 11 is 0. The van der Waals surface area contributed by atoms with E-state index in [-0.39, 0.29) is 11.5 Å². The second-order valence-electron chi connectivity index (χ2n) is 11.8. The minimum atomic E-state index is -0.109. The Labute approximate surface area is 179 Å². The summed E-state index contributed by atoms with van der Waals surface area (Å²) in [6.07, 6.45) is 17.1. The van der Waals surface area contributed by atoms with Crippen LogP contribution in [0.2, 0.25) is 0 Å². The first-order valence-electron chi connectivity index (χ1n) is 12.4. The minimum absolute atomic E-state index is 0.109. The molecule has 0 aromatic heterocycles. The molecule has 0 heterocycles. The van der Waals surface area contributed by atoms with Crippen LogP contribution >= 0.6 is 0 Å². The molecule has 4 aliphatic rings. The molecule has 7 unspecified atom stereocenters. The molecule has 1 heteroatoms. The molecule has 4 aliphatic carbocycles. The molecule has 0 saturated heterocycles. The molecule has 0 spiro atoms. The van der Waals surface area contributed by atoms with Crippen molar-refractivity contribution in [3.05, 3.63) is 34.9 Å². The Hall–Kier alpha value is -0.820. The molecular formula is C28H44O. The van der Waals surface area contributed by atoms with Gasteiger partial charge >= 0.3 is 0 Å². The number of allylic oxidation sites excluding steroid dienone is 5. The maximum absolute atomic E-state index is 10.2. The van der Waals surface area contributed by atoms with E-state index < -0.39 is 0 Å². The number of rotatable bonds is 4. The standard InChI is InChI=1S/C28H44O/c1-18(2)19(3)7-8-20(4)24-11-12-25-23-10-9-21-17-22(29)13-15-27(21,5)26(23)14-16-28(24,25)6/h7-9,18-20,22,24-25,29H,10-17H2,1-6H3/b8-7+. The van der Waals surface area contributed by atoms with E-state index in [4.69, 9.17) is 0 Å². The Morgan fingerprint density at radius 1 is 1.03 bits per heavy atom. The van der Waals surface area contributed by atoms with Crippen molar-refractivity contribution in [2.24, 2.45) is 40.4 Å². The van der Waals surface area contributed by atoms with Crippen molar-refractivity contribution in [2.75, 3.05) is 0 Å². The van der Waals surface area contributed by atoms with Crippen LogP contribution in [0.25, 0.3) is 0 Å². The molecule has 1 nitrogen and oxygen atoms in total. The molecule has 0 amide bonds. The summed E-state index contributed by atoms with van der Waals surface area (Å²) in [5, 5.41) is 10.2. The average Bonchev–Trinajstić information content (AvgIpc) is 3.03. The van der Waals surface area contributed by atoms with Crippen molar-refractivity contribution in [1.29, 1.82) is 0 Å². The predicted octanol–water partition coefficient (Wildman–Crippen LogP) is 7.47. The third-order valence-corrected chi connectivity index (χ3v) is 9.91. The summed E-state index contributed by atoms with van der Waals surface area (Å²) in [6, 6.07) is 0. The summed E-state index contributed by atoms with van der Waals surface area (Å²) < 4.78 is 0. The maximum Gasteiger partial charge on any atom is 0.0578 e. The van der Waals surface area contributed by atoms with E-state index >= 15 is 0 Å². The monoisotopic (exact) mass is 396 g/mol. The van der Waals surface area contributed by atoms with Crippen molar-refractivity contribution in [1.82, 2.24) is 0 Å². The molecule has 0 bridgehead atoms. The van der Waals surface area contributed by atoms with Gasteiger partial charge in [0.25, 0.3) is 0 Å². The zero-order chi connectivity index (χ0) is 21.0. The Kier molecular flexibility index (Phi) is 5.69. The van der Waals surface area contributed by atoms with E-state index in [1.54, 1.807) is 11.1 Å². The fourth-order valence-corrected chi connectivity index (χ4v) is 7.51. The van der Waals surface area contributed by atoms with E-state index in [1.165, 1.54) is 25.7 Å². The first-order valence-corrected chi connectivity index (χ1v) is 12.4. The van der Waals surface area contributed by atoms with Crippen LogP contribution in [0.1, 0.15) is 92.9 Å². The van der Waals surface area contributed by atoms with Crippen molar-refractivity contribution < 1.29 is 5.11 Å². The van der Waals surface area contributed by atoms with Crippen LogP contribution in [0, 0.1) is 40.4 Å². The fraction of sp³-hybridized carbons (Fsp3) is 0.786. The lowest BCUT2D eigenvalue weighted by atomic mass is 9.53. The summed E-state index contributed by atoms with van der Waals surface area (Å²) in [5.41, 5.74) is 5.88. The lowest BCUT2D eigenvalue weighted by Crippen LogP contribution is -2.41. The highest BCUT2D eigenvalue weighted by Crippen LogP contribution is 2.64. The highest BCUT2D eigenvalue weighted by molar-refractivity contribution is 5.43. The normalized spacial score (nSPS) is 41.8. The number of aliphatic hydroxyl groups is 1. The van der Waals surface area contributed by atoms with Gasteiger partial charge < -0.3 is 5.11 Å². The molecular weight excluding hydrogens is 352 g/mol. The highest BCUT2D eigenvalue weighted by Gasteiger charge is 2.54. The molecule has 4 rings (SSSR count). The van der Waals surface area contributed by atoms with Crippen molar-refractivity contribution in [2.45, 2.75) is 99.0 Å². The molecule has 0 aliphatic heterocycles. The molecule has 1 N–H and O–H groups in total. The highest BCUT2D eigenvalue weighted by atomic mass is 16.3. The van der Waals surface area contributed by atoms with Crippen molar-refractivity contribution in [3.8, 4) is 0 Å². The molecule has 29 heavy (non-hydrogen) atoms. The van der Waals surface area contributed by atoms with Gasteiger partial charge in [-0.05, 0) is 86.4 Å². The molecule has 0 aromatic carbocycles. The van der Waals surface area contributed by atoms with Crippen LogP contribution in [0.15, 0.2) is 34.9 Å². The summed E-state index contributed by atoms with van der Waals surface area (Å²) in [6.45, 7) is 14.6. The summed E-state index contributed by atoms with van der Waals surface area (Å²) in [5.74, 6) is 3.69. The maximum atomic E-state index is 10.2. The van der Waals surface area contributed by atoms with E-state index in [2.05, 4.69) is 59.8 Å². The molecule has 2 saturated carbocycles. The first-order chi connectivity index (χ1) is 13.7. The zero-order valence-electron chi connectivity index (χ0n) is 19.8. The van der Waals surface area contributed by atoms with Crippen molar-refractivity contribution in [3.63, 3.8) is 0 Å². The second-order valence-corrected chi connectivity index (χ2v) is 11.8. The summed E-state index contributed by atoms with van der Waals surface area (Å²) in [4.78, 5) is 0. The van der Waals surface area contributed by atoms with Gasteiger partial charge in [-0.25, -0.2) is 0 Å². The Bertz CT molecular complexity index is 725. The van der Waals surface area contributed by atoms with Gasteiger partial charge in [-0.1, -0.05) is 76.5 Å². The van der Waals surface area contributed by atoms with Crippen LogP contribution in [0.5, 0.6) is 0 Å². The molecule has 162 valence electrons. The SMILES string of the molecule is CC(C)C(C)/C=C/C(C)C1CCC2C3=C(CCC21C)C1(C)CCC(O)CC1=CC3. The third-order valence-electron chi connectivity index (χ3n) is 9.91. The minimum Gasteiger partial charge on any atom is -0.393 e. The largest absolute Gasteiger partial charge is 0.393 e. The quantitative estimate of drug-likeness (QED) is 0.488. The number of hydrogen-bond acceptors (Lipinski definition) is 1. The van der Waals surface area contributed by atoms with Gasteiger partial charge in [-0.15, -0.1) is 0 Å². The van der Waals surface area contributed by atoms with Crippen LogP contribution in [0.3, 0.4) is 0 Å². The van der Waals surface area contributed by atoms with Gasteiger partial charge in [-0.2, -0.15) is 0 Å². The average molecular weight is 397 g/mol.